The van der Waals surface area contributed by atoms with Crippen LogP contribution < -0.4 is 0 Å². The average Bonchev–Trinajstić information content (AvgIpc) is 2.57. The summed E-state index contributed by atoms with van der Waals surface area (Å²) in [6.07, 6.45) is 0. The van der Waals surface area contributed by atoms with E-state index in [2.05, 4.69) is 9.89 Å². The first-order chi connectivity index (χ1) is 10.7. The molecule has 0 radical (unpaired) electrons. The predicted molar refractivity (Wildman–Crippen MR) is 84.3 cm³/mol. The maximum absolute atomic E-state index is 12.5. The van der Waals surface area contributed by atoms with Crippen LogP contribution in [-0.2, 0) is 4.74 Å². The van der Waals surface area contributed by atoms with Crippen LogP contribution in [0.25, 0.3) is 0 Å². The van der Waals surface area contributed by atoms with Gasteiger partial charge >= 0.3 is 0 Å². The molecule has 1 atom stereocenters. The van der Waals surface area contributed by atoms with Gasteiger partial charge in [-0.05, 0) is 0 Å². The monoisotopic (exact) mass is 320 g/mol. The fourth-order valence-corrected chi connectivity index (χ4v) is 2.98. The van der Waals surface area contributed by atoms with E-state index in [1.54, 1.807) is 24.3 Å². The lowest BCUT2D eigenvalue weighted by Gasteiger charge is -2.26. The van der Waals surface area contributed by atoms with Crippen molar-refractivity contribution in [3.63, 3.8) is 0 Å². The van der Waals surface area contributed by atoms with Gasteiger partial charge in [0.05, 0.1) is 19.8 Å². The highest BCUT2D eigenvalue weighted by Crippen LogP contribution is 2.23. The second-order valence-corrected chi connectivity index (χ2v) is 5.76. The highest BCUT2D eigenvalue weighted by molar-refractivity contribution is 6.64. The Bertz CT molecular complexity index is 624. The number of fused-ring (bicyclic) bond motifs is 1. The Morgan fingerprint density at radius 3 is 2.59 bits per heavy atom. The largest absolute Gasteiger partial charge is 0.379 e. The molecule has 3 rings (SSSR count). The van der Waals surface area contributed by atoms with Gasteiger partial charge in [-0.25, -0.2) is 0 Å². The molecule has 2 aliphatic rings. The van der Waals surface area contributed by atoms with Crippen LogP contribution in [0.1, 0.15) is 20.7 Å². The van der Waals surface area contributed by atoms with Crippen molar-refractivity contribution in [3.05, 3.63) is 35.4 Å². The molecule has 22 heavy (non-hydrogen) atoms. The molecule has 0 amide bonds. The molecule has 0 aromatic heterocycles. The number of rotatable bonds is 3. The first-order valence-electron chi connectivity index (χ1n) is 7.35. The number of carbonyl (C=O) groups is 2. The Hall–Kier alpha value is -1.56. The van der Waals surface area contributed by atoms with E-state index in [1.807, 2.05) is 0 Å². The van der Waals surface area contributed by atoms with Gasteiger partial charge in [0, 0.05) is 30.8 Å². The van der Waals surface area contributed by atoms with Crippen LogP contribution in [0.5, 0.6) is 0 Å². The summed E-state index contributed by atoms with van der Waals surface area (Å²) in [5.41, 5.74) is 0.952. The number of hydrogen-bond donors (Lipinski definition) is 0. The molecule has 116 valence electrons. The minimum atomic E-state index is -0.980. The number of carbonyl (C=O) groups excluding carboxylic acids is 2. The van der Waals surface area contributed by atoms with Crippen LogP contribution in [0.3, 0.4) is 0 Å². The zero-order valence-electron chi connectivity index (χ0n) is 12.1. The fourth-order valence-electron chi connectivity index (χ4n) is 2.70. The van der Waals surface area contributed by atoms with Crippen LogP contribution in [0.4, 0.5) is 0 Å². The van der Waals surface area contributed by atoms with Crippen molar-refractivity contribution in [1.29, 1.82) is 0 Å². The summed E-state index contributed by atoms with van der Waals surface area (Å²) < 4.78 is 5.29. The van der Waals surface area contributed by atoms with Crippen molar-refractivity contribution in [2.45, 2.75) is 5.38 Å². The second-order valence-electron chi connectivity index (χ2n) is 5.32. The van der Waals surface area contributed by atoms with E-state index < -0.39 is 5.38 Å². The van der Waals surface area contributed by atoms with E-state index in [4.69, 9.17) is 16.3 Å². The van der Waals surface area contributed by atoms with Crippen LogP contribution in [0, 0.1) is 0 Å². The highest BCUT2D eigenvalue weighted by Gasteiger charge is 2.36. The SMILES string of the molecule is O=C1C(=NCCN2CCOCC2)C(Cl)C(=O)c2ccccc21. The Kier molecular flexibility index (Phi) is 4.66. The van der Waals surface area contributed by atoms with E-state index in [9.17, 15) is 9.59 Å². The highest BCUT2D eigenvalue weighted by atomic mass is 35.5. The van der Waals surface area contributed by atoms with E-state index in [-0.39, 0.29) is 17.3 Å². The van der Waals surface area contributed by atoms with E-state index in [0.717, 1.165) is 32.8 Å². The first-order valence-corrected chi connectivity index (χ1v) is 7.78. The number of benzene rings is 1. The predicted octanol–water partition coefficient (Wildman–Crippen LogP) is 1.45. The molecule has 5 nitrogen and oxygen atoms in total. The van der Waals surface area contributed by atoms with Crippen molar-refractivity contribution in [3.8, 4) is 0 Å². The zero-order valence-corrected chi connectivity index (χ0v) is 12.9. The van der Waals surface area contributed by atoms with Gasteiger partial charge in [-0.1, -0.05) is 24.3 Å². The summed E-state index contributed by atoms with van der Waals surface area (Å²) in [6.45, 7) is 4.37. The summed E-state index contributed by atoms with van der Waals surface area (Å²) in [5, 5.41) is -0.980. The first kappa shape index (κ1) is 15.3. The van der Waals surface area contributed by atoms with Crippen LogP contribution in [0.15, 0.2) is 29.3 Å². The Morgan fingerprint density at radius 1 is 1.18 bits per heavy atom. The van der Waals surface area contributed by atoms with Gasteiger partial charge in [-0.2, -0.15) is 0 Å². The van der Waals surface area contributed by atoms with Crippen LogP contribution >= 0.6 is 11.6 Å². The molecule has 1 aliphatic heterocycles. The average molecular weight is 321 g/mol. The maximum Gasteiger partial charge on any atom is 0.209 e. The summed E-state index contributed by atoms with van der Waals surface area (Å²) in [5.74, 6) is -0.487. The molecule has 1 saturated heterocycles. The Labute approximate surface area is 133 Å². The van der Waals surface area contributed by atoms with Gasteiger partial charge < -0.3 is 4.74 Å². The van der Waals surface area contributed by atoms with Crippen molar-refractivity contribution >= 4 is 28.9 Å². The number of nitrogens with zero attached hydrogens (tertiary/aromatic N) is 2. The second kappa shape index (κ2) is 6.69. The summed E-state index contributed by atoms with van der Waals surface area (Å²) in [4.78, 5) is 31.2. The lowest BCUT2D eigenvalue weighted by Crippen LogP contribution is -2.40. The molecule has 1 fully saturated rings. The zero-order chi connectivity index (χ0) is 15.5. The van der Waals surface area contributed by atoms with E-state index >= 15 is 0 Å². The van der Waals surface area contributed by atoms with E-state index in [1.165, 1.54) is 0 Å². The fraction of sp³-hybridized carbons (Fsp3) is 0.438. The number of aliphatic imine (C=N–C) groups is 1. The third-order valence-electron chi connectivity index (χ3n) is 3.94. The number of Topliss-reactive ketones (excluding diaryl/α,β-unsaturated/α-hetero) is 2. The molecular weight excluding hydrogens is 304 g/mol. The van der Waals surface area contributed by atoms with Gasteiger partial charge in [0.25, 0.3) is 0 Å². The molecular formula is C16H17ClN2O3. The molecule has 0 bridgehead atoms. The van der Waals surface area contributed by atoms with Gasteiger partial charge in [-0.15, -0.1) is 11.6 Å². The summed E-state index contributed by atoms with van der Waals surface area (Å²) in [6, 6.07) is 6.75. The van der Waals surface area contributed by atoms with Crippen molar-refractivity contribution in [2.24, 2.45) is 4.99 Å². The van der Waals surface area contributed by atoms with Crippen LogP contribution in [-0.4, -0.2) is 66.9 Å². The number of alkyl halides is 1. The van der Waals surface area contributed by atoms with Gasteiger partial charge in [-0.3, -0.25) is 19.5 Å². The standard InChI is InChI=1S/C16H17ClN2O3/c17-13-14(18-5-6-19-7-9-22-10-8-19)16(21)12-4-2-1-3-11(12)15(13)20/h1-4,13H,5-10H2. The number of ether oxygens (including phenoxy) is 1. The third-order valence-corrected chi connectivity index (χ3v) is 4.35. The number of halogens is 1. The molecule has 1 aromatic carbocycles. The van der Waals surface area contributed by atoms with E-state index in [0.29, 0.717) is 17.7 Å². The summed E-state index contributed by atoms with van der Waals surface area (Å²) >= 11 is 6.14. The Morgan fingerprint density at radius 2 is 1.86 bits per heavy atom. The number of morpholine rings is 1. The molecule has 1 aliphatic carbocycles. The number of hydrogen-bond acceptors (Lipinski definition) is 5. The molecule has 0 spiro atoms. The Balaban J connectivity index is 1.74. The lowest BCUT2D eigenvalue weighted by molar-refractivity contribution is 0.0394. The van der Waals surface area contributed by atoms with Crippen molar-refractivity contribution in [2.75, 3.05) is 39.4 Å². The van der Waals surface area contributed by atoms with Crippen LogP contribution in [0.2, 0.25) is 0 Å². The van der Waals surface area contributed by atoms with Crippen molar-refractivity contribution in [1.82, 2.24) is 4.90 Å². The molecule has 1 unspecified atom stereocenters. The molecule has 0 saturated carbocycles. The minimum Gasteiger partial charge on any atom is -0.379 e. The molecule has 0 N–H and O–H groups in total. The third kappa shape index (κ3) is 2.97. The normalized spacial score (nSPS) is 24.6. The number of ketones is 2. The van der Waals surface area contributed by atoms with Gasteiger partial charge in [0.15, 0.2) is 5.78 Å². The smallest absolute Gasteiger partial charge is 0.209 e. The van der Waals surface area contributed by atoms with Gasteiger partial charge in [0.2, 0.25) is 5.78 Å². The molecule has 6 heteroatoms. The minimum absolute atomic E-state index is 0.165. The molecule has 1 aromatic rings. The topological polar surface area (TPSA) is 59.0 Å². The van der Waals surface area contributed by atoms with Crippen molar-refractivity contribution < 1.29 is 14.3 Å². The summed E-state index contributed by atoms with van der Waals surface area (Å²) in [7, 11) is 0. The lowest BCUT2D eigenvalue weighted by atomic mass is 9.88. The molecule has 1 heterocycles. The quantitative estimate of drug-likeness (QED) is 0.791. The van der Waals surface area contributed by atoms with Gasteiger partial charge in [0.1, 0.15) is 11.1 Å². The maximum atomic E-state index is 12.5.